The second-order valence-electron chi connectivity index (χ2n) is 12.9. The molecule has 1 atom stereocenters. The summed E-state index contributed by atoms with van der Waals surface area (Å²) < 4.78 is 37.5. The van der Waals surface area contributed by atoms with Gasteiger partial charge in [-0.2, -0.15) is 13.5 Å². The van der Waals surface area contributed by atoms with E-state index in [1.54, 1.807) is 29.2 Å². The van der Waals surface area contributed by atoms with Crippen molar-refractivity contribution in [2.75, 3.05) is 18.1 Å². The summed E-state index contributed by atoms with van der Waals surface area (Å²) in [5, 5.41) is 8.48. The van der Waals surface area contributed by atoms with Crippen LogP contribution in [0.1, 0.15) is 76.1 Å². The molecule has 1 aliphatic heterocycles. The maximum Gasteiger partial charge on any atom is 0.283 e. The summed E-state index contributed by atoms with van der Waals surface area (Å²) in [4.78, 5) is 20.3. The van der Waals surface area contributed by atoms with E-state index in [4.69, 9.17) is 15.5 Å². The van der Waals surface area contributed by atoms with E-state index in [0.717, 1.165) is 30.6 Å². The molecule has 1 amide bonds. The van der Waals surface area contributed by atoms with Crippen molar-refractivity contribution in [3.8, 4) is 11.7 Å². The number of carbonyl (C=O) groups excluding carboxylic acids is 1. The Balaban J connectivity index is 1.22. The fourth-order valence-electron chi connectivity index (χ4n) is 6.41. The monoisotopic (exact) mass is 610 g/mol. The lowest BCUT2D eigenvalue weighted by Crippen LogP contribution is -2.41. The molecule has 1 saturated heterocycles. The van der Waals surface area contributed by atoms with Crippen molar-refractivity contribution in [2.45, 2.75) is 88.9 Å². The maximum absolute atomic E-state index is 13.5. The Kier molecular flexibility index (Phi) is 7.97. The quantitative estimate of drug-likeness (QED) is 0.296. The number of anilines is 1. The zero-order valence-corrected chi connectivity index (χ0v) is 26.0. The Labute approximate surface area is 253 Å². The predicted octanol–water partition coefficient (Wildman–Crippen LogP) is 3.51. The van der Waals surface area contributed by atoms with Crippen LogP contribution in [0.5, 0.6) is 5.88 Å². The van der Waals surface area contributed by atoms with Crippen molar-refractivity contribution in [2.24, 2.45) is 23.5 Å². The molecule has 0 aromatic carbocycles. The SMILES string of the molecule is CCCn1ccc(S(=O)(=O)NC(=O)c2ccc(-n3ccc(OCCC(C4CC4)C4CC4)n3)nc2N2CC(N)CC2(C)C)n1. The molecule has 3 aromatic heterocycles. The summed E-state index contributed by atoms with van der Waals surface area (Å²) in [5.41, 5.74) is 6.04. The van der Waals surface area contributed by atoms with Gasteiger partial charge in [0.1, 0.15) is 5.82 Å². The molecule has 3 N–H and O–H groups in total. The third kappa shape index (κ3) is 6.57. The summed E-state index contributed by atoms with van der Waals surface area (Å²) >= 11 is 0. The van der Waals surface area contributed by atoms with Crippen molar-refractivity contribution in [3.63, 3.8) is 0 Å². The van der Waals surface area contributed by atoms with E-state index >= 15 is 0 Å². The molecular formula is C30H42N8O4S. The van der Waals surface area contributed by atoms with E-state index < -0.39 is 21.5 Å². The highest BCUT2D eigenvalue weighted by Crippen LogP contribution is 2.50. The molecule has 0 spiro atoms. The van der Waals surface area contributed by atoms with Gasteiger partial charge in [-0.1, -0.05) is 6.92 Å². The Morgan fingerprint density at radius 3 is 2.51 bits per heavy atom. The smallest absolute Gasteiger partial charge is 0.283 e. The summed E-state index contributed by atoms with van der Waals surface area (Å²) in [6, 6.07) is 6.30. The van der Waals surface area contributed by atoms with Gasteiger partial charge in [-0.05, 0) is 94.7 Å². The molecule has 4 heterocycles. The van der Waals surface area contributed by atoms with Crippen LogP contribution in [0.3, 0.4) is 0 Å². The molecule has 3 aromatic rings. The molecule has 0 bridgehead atoms. The maximum atomic E-state index is 13.5. The number of hydrogen-bond donors (Lipinski definition) is 2. The van der Waals surface area contributed by atoms with Crippen LogP contribution in [-0.4, -0.2) is 63.6 Å². The number of sulfonamides is 1. The van der Waals surface area contributed by atoms with Crippen molar-refractivity contribution in [3.05, 3.63) is 42.2 Å². The molecule has 1 unspecified atom stereocenters. The molecule has 6 rings (SSSR count). The van der Waals surface area contributed by atoms with Crippen LogP contribution in [0.4, 0.5) is 5.82 Å². The third-order valence-electron chi connectivity index (χ3n) is 8.80. The van der Waals surface area contributed by atoms with Gasteiger partial charge in [-0.3, -0.25) is 9.48 Å². The molecular weight excluding hydrogens is 568 g/mol. The van der Waals surface area contributed by atoms with Crippen LogP contribution in [0.15, 0.2) is 41.7 Å². The number of rotatable bonds is 13. The molecule has 3 fully saturated rings. The summed E-state index contributed by atoms with van der Waals surface area (Å²) in [7, 11) is -4.20. The van der Waals surface area contributed by atoms with Gasteiger partial charge < -0.3 is 15.4 Å². The van der Waals surface area contributed by atoms with Crippen molar-refractivity contribution in [1.29, 1.82) is 0 Å². The number of aromatic nitrogens is 5. The number of aryl methyl sites for hydroxylation is 1. The lowest BCUT2D eigenvalue weighted by molar-refractivity contribution is 0.0981. The van der Waals surface area contributed by atoms with Gasteiger partial charge in [-0.25, -0.2) is 14.4 Å². The number of amides is 1. The zero-order chi connectivity index (χ0) is 30.4. The number of ether oxygens (including phenoxy) is 1. The topological polar surface area (TPSA) is 150 Å². The summed E-state index contributed by atoms with van der Waals surface area (Å²) in [6.45, 7) is 7.71. The number of nitrogens with two attached hydrogens (primary N) is 1. The van der Waals surface area contributed by atoms with Gasteiger partial charge in [0, 0.05) is 43.1 Å². The largest absolute Gasteiger partial charge is 0.477 e. The number of carbonyl (C=O) groups is 1. The Hall–Kier alpha value is -3.45. The first-order valence-electron chi connectivity index (χ1n) is 15.4. The van der Waals surface area contributed by atoms with Gasteiger partial charge in [0.05, 0.1) is 12.2 Å². The van der Waals surface area contributed by atoms with Gasteiger partial charge >= 0.3 is 0 Å². The number of nitrogens with zero attached hydrogens (tertiary/aromatic N) is 6. The first kappa shape index (κ1) is 29.6. The number of pyridine rings is 1. The average molecular weight is 611 g/mol. The van der Waals surface area contributed by atoms with Gasteiger partial charge in [-0.15, -0.1) is 5.10 Å². The molecule has 232 valence electrons. The first-order valence-corrected chi connectivity index (χ1v) is 16.9. The average Bonchev–Trinajstić information content (AvgIpc) is 3.85. The molecule has 3 aliphatic rings. The van der Waals surface area contributed by atoms with Gasteiger partial charge in [0.2, 0.25) is 5.88 Å². The van der Waals surface area contributed by atoms with Crippen molar-refractivity contribution >= 4 is 21.7 Å². The molecule has 2 aliphatic carbocycles. The lowest BCUT2D eigenvalue weighted by Gasteiger charge is -2.33. The van der Waals surface area contributed by atoms with E-state index in [1.807, 2.05) is 31.7 Å². The standard InChI is InChI=1S/C30H42N8O4S/c1-4-14-36-15-12-27(34-36)43(40,41)35-29(39)24-9-10-25(32-28(24)37-19-22(31)18-30(37,2)3)38-16-11-26(33-38)42-17-13-23(20-5-6-20)21-7-8-21/h9-12,15-16,20-23H,4-8,13-14,17-19,31H2,1-3H3,(H,35,39). The molecule has 13 heteroatoms. The first-order chi connectivity index (χ1) is 20.5. The van der Waals surface area contributed by atoms with E-state index in [9.17, 15) is 13.2 Å². The van der Waals surface area contributed by atoms with Crippen LogP contribution in [-0.2, 0) is 16.6 Å². The fourth-order valence-corrected chi connectivity index (χ4v) is 7.32. The molecule has 2 saturated carbocycles. The highest BCUT2D eigenvalue weighted by atomic mass is 32.2. The highest BCUT2D eigenvalue weighted by molar-refractivity contribution is 7.90. The molecule has 43 heavy (non-hydrogen) atoms. The normalized spacial score (nSPS) is 20.1. The second kappa shape index (κ2) is 11.6. The highest BCUT2D eigenvalue weighted by Gasteiger charge is 2.41. The second-order valence-corrected chi connectivity index (χ2v) is 14.5. The van der Waals surface area contributed by atoms with Gasteiger partial charge in [0.15, 0.2) is 10.8 Å². The third-order valence-corrected chi connectivity index (χ3v) is 10.0. The zero-order valence-electron chi connectivity index (χ0n) is 25.1. The molecule has 12 nitrogen and oxygen atoms in total. The Morgan fingerprint density at radius 1 is 1.12 bits per heavy atom. The van der Waals surface area contributed by atoms with E-state index in [1.165, 1.54) is 36.4 Å². The van der Waals surface area contributed by atoms with E-state index in [-0.39, 0.29) is 16.6 Å². The van der Waals surface area contributed by atoms with Crippen LogP contribution in [0.25, 0.3) is 5.82 Å². The van der Waals surface area contributed by atoms with E-state index in [2.05, 4.69) is 14.9 Å². The van der Waals surface area contributed by atoms with Crippen molar-refractivity contribution < 1.29 is 17.9 Å². The fraction of sp³-hybridized carbons (Fsp3) is 0.600. The Bertz CT molecular complexity index is 1560. The van der Waals surface area contributed by atoms with Crippen LogP contribution in [0, 0.1) is 17.8 Å². The minimum Gasteiger partial charge on any atom is -0.477 e. The van der Waals surface area contributed by atoms with Crippen LogP contribution >= 0.6 is 0 Å². The summed E-state index contributed by atoms with van der Waals surface area (Å²) in [5.74, 6) is 3.08. The predicted molar refractivity (Wildman–Crippen MR) is 162 cm³/mol. The van der Waals surface area contributed by atoms with Crippen LogP contribution < -0.4 is 20.1 Å². The van der Waals surface area contributed by atoms with E-state index in [0.29, 0.717) is 43.6 Å². The minimum atomic E-state index is -4.20. The number of hydrogen-bond acceptors (Lipinski definition) is 9. The van der Waals surface area contributed by atoms with Gasteiger partial charge in [0.25, 0.3) is 15.9 Å². The minimum absolute atomic E-state index is 0.123. The number of nitrogens with one attached hydrogen (secondary N) is 1. The molecule has 0 radical (unpaired) electrons. The van der Waals surface area contributed by atoms with Crippen molar-refractivity contribution in [1.82, 2.24) is 29.3 Å². The Morgan fingerprint density at radius 2 is 1.86 bits per heavy atom. The lowest BCUT2D eigenvalue weighted by atomic mass is 9.95. The van der Waals surface area contributed by atoms with Crippen LogP contribution in [0.2, 0.25) is 0 Å². The summed E-state index contributed by atoms with van der Waals surface area (Å²) in [6.07, 6.45) is 11.3.